The number of ether oxygens (including phenoxy) is 2. The molecule has 4 aromatic rings. The predicted octanol–water partition coefficient (Wildman–Crippen LogP) is 6.53. The Kier molecular flexibility index (Phi) is 5.47. The summed E-state index contributed by atoms with van der Waals surface area (Å²) in [6.45, 7) is 0. The molecule has 6 heteroatoms. The van der Waals surface area contributed by atoms with Gasteiger partial charge in [-0.3, -0.25) is 0 Å². The van der Waals surface area contributed by atoms with Crippen molar-refractivity contribution < 1.29 is 9.47 Å². The van der Waals surface area contributed by atoms with Gasteiger partial charge in [0, 0.05) is 16.1 Å². The van der Waals surface area contributed by atoms with Crippen molar-refractivity contribution in [1.82, 2.24) is 9.78 Å². The maximum absolute atomic E-state index is 6.86. The van der Waals surface area contributed by atoms with E-state index in [2.05, 4.69) is 0 Å². The van der Waals surface area contributed by atoms with Crippen LogP contribution in [0.1, 0.15) is 0 Å². The quantitative estimate of drug-likeness (QED) is 0.365. The lowest BCUT2D eigenvalue weighted by Crippen LogP contribution is -1.99. The van der Waals surface area contributed by atoms with Crippen molar-refractivity contribution >= 4 is 23.2 Å². The minimum atomic E-state index is 0.556. The van der Waals surface area contributed by atoms with Gasteiger partial charge in [-0.2, -0.15) is 5.10 Å². The predicted molar refractivity (Wildman–Crippen MR) is 118 cm³/mol. The van der Waals surface area contributed by atoms with Gasteiger partial charge in [0.05, 0.1) is 30.6 Å². The molecule has 4 rings (SSSR count). The molecule has 0 aliphatic rings. The Balaban J connectivity index is 1.92. The molecule has 0 radical (unpaired) electrons. The number of methoxy groups -OCH3 is 2. The minimum absolute atomic E-state index is 0.556. The summed E-state index contributed by atoms with van der Waals surface area (Å²) in [6, 6.07) is 22.9. The Hall–Kier alpha value is -2.95. The molecule has 0 saturated carbocycles. The molecule has 0 spiro atoms. The van der Waals surface area contributed by atoms with Crippen molar-refractivity contribution in [2.45, 2.75) is 0 Å². The van der Waals surface area contributed by atoms with Gasteiger partial charge in [0.2, 0.25) is 0 Å². The van der Waals surface area contributed by atoms with Crippen molar-refractivity contribution in [1.29, 1.82) is 0 Å². The molecule has 0 aliphatic heterocycles. The summed E-state index contributed by atoms with van der Waals surface area (Å²) < 4.78 is 12.3. The van der Waals surface area contributed by atoms with Gasteiger partial charge >= 0.3 is 0 Å². The Bertz CT molecular complexity index is 1140. The van der Waals surface area contributed by atoms with Crippen molar-refractivity contribution in [3.63, 3.8) is 0 Å². The van der Waals surface area contributed by atoms with E-state index < -0.39 is 0 Å². The highest BCUT2D eigenvalue weighted by Crippen LogP contribution is 2.39. The van der Waals surface area contributed by atoms with E-state index in [1.165, 1.54) is 0 Å². The third-order valence-corrected chi connectivity index (χ3v) is 5.20. The molecule has 0 unspecified atom stereocenters. The van der Waals surface area contributed by atoms with E-state index in [4.69, 9.17) is 37.8 Å². The first kappa shape index (κ1) is 19.4. The van der Waals surface area contributed by atoms with Gasteiger partial charge in [-0.05, 0) is 66.7 Å². The van der Waals surface area contributed by atoms with E-state index in [0.29, 0.717) is 15.7 Å². The maximum Gasteiger partial charge on any atom is 0.118 e. The standard InChI is InChI=1S/C23H18Cl2N2O2/c1-28-19-10-6-15(7-11-19)22-21(25)23(16-8-12-20(29-2)13-9-16)27(26-22)18-5-3-4-17(24)14-18/h3-14H,1-2H3. The number of hydrogen-bond acceptors (Lipinski definition) is 3. The number of benzene rings is 3. The normalized spacial score (nSPS) is 10.8. The highest BCUT2D eigenvalue weighted by molar-refractivity contribution is 6.35. The van der Waals surface area contributed by atoms with Crippen molar-refractivity contribution in [2.75, 3.05) is 14.2 Å². The largest absolute Gasteiger partial charge is 0.497 e. The fourth-order valence-electron chi connectivity index (χ4n) is 3.12. The van der Waals surface area contributed by atoms with E-state index >= 15 is 0 Å². The summed E-state index contributed by atoms with van der Waals surface area (Å²) in [5.74, 6) is 1.54. The van der Waals surface area contributed by atoms with Gasteiger partial charge < -0.3 is 9.47 Å². The first-order valence-corrected chi connectivity index (χ1v) is 9.69. The van der Waals surface area contributed by atoms with Gasteiger partial charge in [0.1, 0.15) is 17.2 Å². The Morgan fingerprint density at radius 2 is 1.34 bits per heavy atom. The molecule has 29 heavy (non-hydrogen) atoms. The van der Waals surface area contributed by atoms with Crippen LogP contribution in [0.15, 0.2) is 72.8 Å². The second-order valence-electron chi connectivity index (χ2n) is 6.36. The second-order valence-corrected chi connectivity index (χ2v) is 7.17. The number of nitrogens with zero attached hydrogens (tertiary/aromatic N) is 2. The number of aromatic nitrogens is 2. The minimum Gasteiger partial charge on any atom is -0.497 e. The van der Waals surface area contributed by atoms with Crippen LogP contribution in [0.5, 0.6) is 11.5 Å². The topological polar surface area (TPSA) is 36.3 Å². The highest BCUT2D eigenvalue weighted by atomic mass is 35.5. The third-order valence-electron chi connectivity index (χ3n) is 4.61. The van der Waals surface area contributed by atoms with Gasteiger partial charge in [-0.25, -0.2) is 4.68 Å². The molecule has 0 bridgehead atoms. The molecule has 0 N–H and O–H groups in total. The fourth-order valence-corrected chi connectivity index (χ4v) is 3.65. The van der Waals surface area contributed by atoms with Gasteiger partial charge in [0.25, 0.3) is 0 Å². The zero-order valence-corrected chi connectivity index (χ0v) is 17.4. The van der Waals surface area contributed by atoms with Crippen LogP contribution in [0, 0.1) is 0 Å². The molecule has 0 amide bonds. The average Bonchev–Trinajstić information content (AvgIpc) is 3.11. The summed E-state index contributed by atoms with van der Waals surface area (Å²) in [5, 5.41) is 6.00. The summed E-state index contributed by atoms with van der Waals surface area (Å²) in [6.07, 6.45) is 0. The van der Waals surface area contributed by atoms with Gasteiger partial charge in [-0.1, -0.05) is 29.3 Å². The summed E-state index contributed by atoms with van der Waals surface area (Å²) in [7, 11) is 3.28. The average molecular weight is 425 g/mol. The van der Waals surface area contributed by atoms with Crippen molar-refractivity contribution in [3.8, 4) is 39.7 Å². The van der Waals surface area contributed by atoms with Crippen LogP contribution < -0.4 is 9.47 Å². The lowest BCUT2D eigenvalue weighted by Gasteiger charge is -2.09. The molecule has 1 aromatic heterocycles. The fraction of sp³-hybridized carbons (Fsp3) is 0.0870. The van der Waals surface area contributed by atoms with E-state index in [-0.39, 0.29) is 0 Å². The van der Waals surface area contributed by atoms with E-state index in [1.807, 2.05) is 77.5 Å². The first-order chi connectivity index (χ1) is 14.1. The van der Waals surface area contributed by atoms with Crippen molar-refractivity contribution in [3.05, 3.63) is 82.8 Å². The molecule has 0 fully saturated rings. The lowest BCUT2D eigenvalue weighted by molar-refractivity contribution is 0.414. The smallest absolute Gasteiger partial charge is 0.118 e. The van der Waals surface area contributed by atoms with Crippen LogP contribution in [-0.2, 0) is 0 Å². The van der Waals surface area contributed by atoms with Crippen LogP contribution in [0.2, 0.25) is 10.0 Å². The van der Waals surface area contributed by atoms with Crippen LogP contribution in [0.3, 0.4) is 0 Å². The molecule has 4 nitrogen and oxygen atoms in total. The molecule has 146 valence electrons. The molecular formula is C23H18Cl2N2O2. The van der Waals surface area contributed by atoms with Crippen LogP contribution in [-0.4, -0.2) is 24.0 Å². The highest BCUT2D eigenvalue weighted by Gasteiger charge is 2.20. The number of halogens is 2. The van der Waals surface area contributed by atoms with E-state index in [9.17, 15) is 0 Å². The van der Waals surface area contributed by atoms with Crippen LogP contribution in [0.25, 0.3) is 28.2 Å². The van der Waals surface area contributed by atoms with E-state index in [0.717, 1.165) is 34.0 Å². The van der Waals surface area contributed by atoms with Gasteiger partial charge in [-0.15, -0.1) is 0 Å². The Morgan fingerprint density at radius 1 is 0.759 bits per heavy atom. The number of hydrogen-bond donors (Lipinski definition) is 0. The monoisotopic (exact) mass is 424 g/mol. The number of rotatable bonds is 5. The van der Waals surface area contributed by atoms with Crippen LogP contribution >= 0.6 is 23.2 Å². The molecule has 0 aliphatic carbocycles. The summed E-state index contributed by atoms with van der Waals surface area (Å²) in [5.41, 5.74) is 4.10. The third kappa shape index (κ3) is 3.82. The zero-order valence-electron chi connectivity index (χ0n) is 15.9. The Labute approximate surface area is 179 Å². The molecule has 3 aromatic carbocycles. The molecular weight excluding hydrogens is 407 g/mol. The molecule has 1 heterocycles. The van der Waals surface area contributed by atoms with Crippen LogP contribution in [0.4, 0.5) is 0 Å². The Morgan fingerprint density at radius 3 is 1.90 bits per heavy atom. The SMILES string of the molecule is COc1ccc(-c2nn(-c3cccc(Cl)c3)c(-c3ccc(OC)cc3)c2Cl)cc1. The maximum atomic E-state index is 6.86. The lowest BCUT2D eigenvalue weighted by atomic mass is 10.1. The first-order valence-electron chi connectivity index (χ1n) is 8.94. The van der Waals surface area contributed by atoms with E-state index in [1.54, 1.807) is 14.2 Å². The summed E-state index contributed by atoms with van der Waals surface area (Å²) >= 11 is 13.1. The summed E-state index contributed by atoms with van der Waals surface area (Å²) in [4.78, 5) is 0. The molecule has 0 saturated heterocycles. The van der Waals surface area contributed by atoms with Crippen molar-refractivity contribution in [2.24, 2.45) is 0 Å². The van der Waals surface area contributed by atoms with Gasteiger partial charge in [0.15, 0.2) is 0 Å². The second kappa shape index (κ2) is 8.19. The zero-order chi connectivity index (χ0) is 20.4. The molecule has 0 atom stereocenters.